The van der Waals surface area contributed by atoms with E-state index in [9.17, 15) is 0 Å². The number of hydrogen-bond acceptors (Lipinski definition) is 2. The molecule has 0 bridgehead atoms. The molecule has 0 saturated carbocycles. The molecule has 1 aromatic carbocycles. The molecule has 15 heavy (non-hydrogen) atoms. The SMILES string of the molecule is CCNCc1cccc(CNC)c1.I.I.[HH].[HH]. The molecule has 0 aromatic heterocycles. The van der Waals surface area contributed by atoms with Crippen molar-refractivity contribution < 1.29 is 2.85 Å². The Morgan fingerprint density at radius 2 is 1.73 bits per heavy atom. The fraction of sp³-hybridized carbons (Fsp3) is 0.455. The molecular formula is C11H24I2N2. The van der Waals surface area contributed by atoms with Crippen molar-refractivity contribution in [2.75, 3.05) is 13.6 Å². The van der Waals surface area contributed by atoms with E-state index in [0.717, 1.165) is 19.6 Å². The van der Waals surface area contributed by atoms with Gasteiger partial charge in [-0.15, -0.1) is 48.0 Å². The lowest BCUT2D eigenvalue weighted by Gasteiger charge is -2.04. The van der Waals surface area contributed by atoms with Crippen LogP contribution in [0.2, 0.25) is 0 Å². The smallest absolute Gasteiger partial charge is 0.0205 e. The summed E-state index contributed by atoms with van der Waals surface area (Å²) in [6.07, 6.45) is 0. The summed E-state index contributed by atoms with van der Waals surface area (Å²) in [6.45, 7) is 5.06. The highest BCUT2D eigenvalue weighted by Gasteiger charge is 1.93. The second-order valence-electron chi connectivity index (χ2n) is 3.13. The number of hydrogen-bond donors (Lipinski definition) is 2. The van der Waals surface area contributed by atoms with Crippen molar-refractivity contribution in [3.63, 3.8) is 0 Å². The van der Waals surface area contributed by atoms with Crippen molar-refractivity contribution >= 4 is 48.0 Å². The zero-order valence-corrected chi connectivity index (χ0v) is 13.9. The maximum Gasteiger partial charge on any atom is 0.0205 e. The third-order valence-electron chi connectivity index (χ3n) is 1.95. The summed E-state index contributed by atoms with van der Waals surface area (Å²) < 4.78 is 0. The molecule has 0 amide bonds. The van der Waals surface area contributed by atoms with Crippen molar-refractivity contribution in [3.8, 4) is 0 Å². The van der Waals surface area contributed by atoms with Gasteiger partial charge < -0.3 is 10.6 Å². The molecular weight excluding hydrogens is 414 g/mol. The van der Waals surface area contributed by atoms with Gasteiger partial charge in [-0.1, -0.05) is 31.2 Å². The van der Waals surface area contributed by atoms with Crippen molar-refractivity contribution in [2.24, 2.45) is 0 Å². The van der Waals surface area contributed by atoms with Gasteiger partial charge in [0.1, 0.15) is 0 Å². The molecule has 2 nitrogen and oxygen atoms in total. The summed E-state index contributed by atoms with van der Waals surface area (Å²) >= 11 is 0. The van der Waals surface area contributed by atoms with Gasteiger partial charge in [-0.3, -0.25) is 0 Å². The second-order valence-corrected chi connectivity index (χ2v) is 3.13. The monoisotopic (exact) mass is 438 g/mol. The van der Waals surface area contributed by atoms with Crippen LogP contribution in [0.25, 0.3) is 0 Å². The molecule has 0 aliphatic rings. The van der Waals surface area contributed by atoms with E-state index in [1.54, 1.807) is 0 Å². The van der Waals surface area contributed by atoms with Crippen LogP contribution >= 0.6 is 48.0 Å². The van der Waals surface area contributed by atoms with Crippen molar-refractivity contribution in [1.82, 2.24) is 10.6 Å². The molecule has 0 unspecified atom stereocenters. The standard InChI is InChI=1S/C11H18N2.2HI.2H2/c1-3-13-9-11-6-4-5-10(7-11)8-12-2;;;;/h4-7,12-13H,3,8-9H2,1-2H3;4*1H. The largest absolute Gasteiger partial charge is 0.316 e. The predicted molar refractivity (Wildman–Crippen MR) is 91.6 cm³/mol. The van der Waals surface area contributed by atoms with Gasteiger partial charge in [0.15, 0.2) is 0 Å². The van der Waals surface area contributed by atoms with E-state index in [1.807, 2.05) is 7.05 Å². The first-order valence-corrected chi connectivity index (χ1v) is 4.80. The normalized spacial score (nSPS) is 8.93. The first kappa shape index (κ1) is 18.0. The Balaban J connectivity index is -0.000000211. The van der Waals surface area contributed by atoms with Crippen LogP contribution in [-0.4, -0.2) is 13.6 Å². The minimum Gasteiger partial charge on any atom is -0.316 e. The molecule has 0 radical (unpaired) electrons. The topological polar surface area (TPSA) is 24.1 Å². The molecule has 0 atom stereocenters. The zero-order valence-electron chi connectivity index (χ0n) is 9.25. The highest BCUT2D eigenvalue weighted by Crippen LogP contribution is 2.04. The number of halogens is 2. The van der Waals surface area contributed by atoms with Gasteiger partial charge in [-0.25, -0.2) is 0 Å². The highest BCUT2D eigenvalue weighted by molar-refractivity contribution is 14.0. The van der Waals surface area contributed by atoms with E-state index in [-0.39, 0.29) is 50.8 Å². The van der Waals surface area contributed by atoms with E-state index in [2.05, 4.69) is 41.8 Å². The minimum atomic E-state index is 0. The first-order chi connectivity index (χ1) is 6.36. The Labute approximate surface area is 130 Å². The van der Waals surface area contributed by atoms with Crippen LogP contribution in [0.15, 0.2) is 24.3 Å². The molecule has 2 N–H and O–H groups in total. The Hall–Kier alpha value is 0.600. The van der Waals surface area contributed by atoms with Crippen LogP contribution in [0.1, 0.15) is 20.9 Å². The summed E-state index contributed by atoms with van der Waals surface area (Å²) in [5.41, 5.74) is 2.70. The molecule has 0 spiro atoms. The van der Waals surface area contributed by atoms with Crippen LogP contribution in [0.5, 0.6) is 0 Å². The lowest BCUT2D eigenvalue weighted by atomic mass is 10.1. The van der Waals surface area contributed by atoms with Crippen molar-refractivity contribution in [1.29, 1.82) is 0 Å². The zero-order chi connectivity index (χ0) is 9.52. The van der Waals surface area contributed by atoms with E-state index in [1.165, 1.54) is 11.1 Å². The van der Waals surface area contributed by atoms with Crippen LogP contribution < -0.4 is 10.6 Å². The van der Waals surface area contributed by atoms with Crippen LogP contribution in [0.3, 0.4) is 0 Å². The molecule has 0 aliphatic carbocycles. The highest BCUT2D eigenvalue weighted by atomic mass is 127. The van der Waals surface area contributed by atoms with Gasteiger partial charge in [0.25, 0.3) is 0 Å². The molecule has 0 fully saturated rings. The predicted octanol–water partition coefficient (Wildman–Crippen LogP) is 3.24. The molecule has 0 heterocycles. The molecule has 1 rings (SSSR count). The van der Waals surface area contributed by atoms with E-state index < -0.39 is 0 Å². The quantitative estimate of drug-likeness (QED) is 0.691. The van der Waals surface area contributed by atoms with Gasteiger partial charge in [-0.2, -0.15) is 0 Å². The number of nitrogens with one attached hydrogen (secondary N) is 2. The maximum absolute atomic E-state index is 3.31. The maximum atomic E-state index is 3.31. The van der Waals surface area contributed by atoms with E-state index in [0.29, 0.717) is 0 Å². The van der Waals surface area contributed by atoms with Gasteiger partial charge >= 0.3 is 0 Å². The average molecular weight is 438 g/mol. The molecule has 4 heteroatoms. The number of rotatable bonds is 5. The lowest BCUT2D eigenvalue weighted by molar-refractivity contribution is 0.724. The molecule has 0 aliphatic heterocycles. The molecule has 92 valence electrons. The van der Waals surface area contributed by atoms with Crippen LogP contribution in [0, 0.1) is 0 Å². The Kier molecular flexibility index (Phi) is 13.3. The van der Waals surface area contributed by atoms with E-state index in [4.69, 9.17) is 0 Å². The average Bonchev–Trinajstić information content (AvgIpc) is 2.16. The third-order valence-corrected chi connectivity index (χ3v) is 1.95. The third kappa shape index (κ3) is 7.48. The van der Waals surface area contributed by atoms with Crippen molar-refractivity contribution in [3.05, 3.63) is 35.4 Å². The Morgan fingerprint density at radius 1 is 1.13 bits per heavy atom. The van der Waals surface area contributed by atoms with E-state index >= 15 is 0 Å². The van der Waals surface area contributed by atoms with Crippen LogP contribution in [0.4, 0.5) is 0 Å². The second kappa shape index (κ2) is 11.1. The minimum absolute atomic E-state index is 0. The summed E-state index contributed by atoms with van der Waals surface area (Å²) in [6, 6.07) is 8.65. The Morgan fingerprint density at radius 3 is 2.27 bits per heavy atom. The van der Waals surface area contributed by atoms with Crippen LogP contribution in [-0.2, 0) is 13.1 Å². The number of benzene rings is 1. The lowest BCUT2D eigenvalue weighted by Crippen LogP contribution is -2.12. The van der Waals surface area contributed by atoms with Gasteiger partial charge in [0.05, 0.1) is 0 Å². The fourth-order valence-corrected chi connectivity index (χ4v) is 1.32. The van der Waals surface area contributed by atoms with Gasteiger partial charge in [-0.05, 0) is 24.7 Å². The Bertz CT molecular complexity index is 263. The summed E-state index contributed by atoms with van der Waals surface area (Å²) in [7, 11) is 1.97. The first-order valence-electron chi connectivity index (χ1n) is 4.80. The summed E-state index contributed by atoms with van der Waals surface area (Å²) in [4.78, 5) is 0. The van der Waals surface area contributed by atoms with Gasteiger partial charge in [0.2, 0.25) is 0 Å². The summed E-state index contributed by atoms with van der Waals surface area (Å²) in [5, 5.41) is 6.46. The molecule has 0 saturated heterocycles. The fourth-order valence-electron chi connectivity index (χ4n) is 1.32. The molecule has 1 aromatic rings. The van der Waals surface area contributed by atoms with Crippen molar-refractivity contribution in [2.45, 2.75) is 20.0 Å². The summed E-state index contributed by atoms with van der Waals surface area (Å²) in [5.74, 6) is 0. The van der Waals surface area contributed by atoms with Gasteiger partial charge in [0, 0.05) is 15.9 Å².